The Bertz CT molecular complexity index is 1010. The number of rotatable bonds is 6. The van der Waals surface area contributed by atoms with Crippen molar-refractivity contribution in [2.75, 3.05) is 13.2 Å². The normalized spacial score (nSPS) is 24.1. The lowest BCUT2D eigenvalue weighted by atomic mass is 9.85. The average Bonchev–Trinajstić information content (AvgIpc) is 3.29. The molecule has 1 aromatic heterocycles. The maximum atomic E-state index is 9.49. The van der Waals surface area contributed by atoms with Gasteiger partial charge in [0.2, 0.25) is 0 Å². The number of allylic oxidation sites excluding steroid dienone is 6. The van der Waals surface area contributed by atoms with Gasteiger partial charge in [0.05, 0.1) is 5.92 Å². The summed E-state index contributed by atoms with van der Waals surface area (Å²) in [6, 6.07) is 0. The highest BCUT2D eigenvalue weighted by atomic mass is 32.1. The molecular weight excluding hydrogens is 394 g/mol. The molecule has 2 aliphatic heterocycles. The number of hydrogen-bond acceptors (Lipinski definition) is 7. The van der Waals surface area contributed by atoms with Gasteiger partial charge in [-0.2, -0.15) is 0 Å². The van der Waals surface area contributed by atoms with Crippen LogP contribution in [0.5, 0.6) is 0 Å². The van der Waals surface area contributed by atoms with Crippen LogP contribution in [0.3, 0.4) is 0 Å². The van der Waals surface area contributed by atoms with Gasteiger partial charge in [-0.15, -0.1) is 11.3 Å². The van der Waals surface area contributed by atoms with E-state index < -0.39 is 0 Å². The van der Waals surface area contributed by atoms with Crippen molar-refractivity contribution >= 4 is 29.1 Å². The standard InChI is InChI=1S/C23H29N5OS/c1-14-5-7-17(8-6-14)19-18(11-15(2)23-27-16(3)12-30-23)28(9-4-10-29)22-20(19)21(24)25-13-26-22/h5,7,11-13,20,22,29H,4,6,8-10H2,1-3H3,(H2,24,25,26)/b15-11+. The fourth-order valence-electron chi connectivity index (χ4n) is 4.29. The lowest BCUT2D eigenvalue weighted by Crippen LogP contribution is -2.41. The third-order valence-corrected chi connectivity index (χ3v) is 6.92. The summed E-state index contributed by atoms with van der Waals surface area (Å²) in [4.78, 5) is 16.0. The van der Waals surface area contributed by atoms with Gasteiger partial charge in [0, 0.05) is 29.9 Å². The van der Waals surface area contributed by atoms with Crippen LogP contribution in [0.4, 0.5) is 0 Å². The molecule has 0 radical (unpaired) electrons. The van der Waals surface area contributed by atoms with Crippen LogP contribution in [-0.4, -0.2) is 46.5 Å². The second kappa shape index (κ2) is 8.70. The van der Waals surface area contributed by atoms with Crippen molar-refractivity contribution in [3.63, 3.8) is 0 Å². The third kappa shape index (κ3) is 3.91. The second-order valence-electron chi connectivity index (χ2n) is 8.11. The summed E-state index contributed by atoms with van der Waals surface area (Å²) in [7, 11) is 0. The van der Waals surface area contributed by atoms with Gasteiger partial charge in [-0.25, -0.2) is 15.0 Å². The summed E-state index contributed by atoms with van der Waals surface area (Å²) in [5, 5.41) is 12.6. The number of aromatic nitrogens is 1. The highest BCUT2D eigenvalue weighted by molar-refractivity contribution is 7.10. The SMILES string of the molecule is CC1=CC=C(C2=C(/C=C(\C)c3nc(C)cs3)N(CCCO)C3N=CN=C(N)C23)CC1. The molecule has 3 N–H and O–H groups in total. The van der Waals surface area contributed by atoms with Gasteiger partial charge in [-0.3, -0.25) is 0 Å². The van der Waals surface area contributed by atoms with E-state index in [2.05, 4.69) is 52.3 Å². The number of aryl methyl sites for hydroxylation is 1. The smallest absolute Gasteiger partial charge is 0.137 e. The van der Waals surface area contributed by atoms with Crippen LogP contribution in [0.1, 0.15) is 43.8 Å². The van der Waals surface area contributed by atoms with E-state index in [-0.39, 0.29) is 18.7 Å². The molecule has 0 fully saturated rings. The predicted molar refractivity (Wildman–Crippen MR) is 124 cm³/mol. The van der Waals surface area contributed by atoms with Crippen molar-refractivity contribution in [2.24, 2.45) is 21.6 Å². The Morgan fingerprint density at radius 2 is 2.17 bits per heavy atom. The fraction of sp³-hybridized carbons (Fsp3) is 0.435. The van der Waals surface area contributed by atoms with Crippen molar-refractivity contribution in [1.82, 2.24) is 9.88 Å². The summed E-state index contributed by atoms with van der Waals surface area (Å²) < 4.78 is 0. The molecular formula is C23H29N5OS. The second-order valence-corrected chi connectivity index (χ2v) is 8.96. The lowest BCUT2D eigenvalue weighted by molar-refractivity contribution is 0.225. The number of aliphatic hydroxyl groups is 1. The number of aliphatic imine (C=N–C) groups is 2. The lowest BCUT2D eigenvalue weighted by Gasteiger charge is -2.30. The number of amidine groups is 1. The molecule has 6 nitrogen and oxygen atoms in total. The topological polar surface area (TPSA) is 87.1 Å². The van der Waals surface area contributed by atoms with Gasteiger partial charge in [-0.1, -0.05) is 17.7 Å². The first-order valence-corrected chi connectivity index (χ1v) is 11.3. The Morgan fingerprint density at radius 1 is 1.33 bits per heavy atom. The Balaban J connectivity index is 1.86. The van der Waals surface area contributed by atoms with Crippen LogP contribution in [0.25, 0.3) is 5.57 Å². The van der Waals surface area contributed by atoms with Crippen LogP contribution >= 0.6 is 11.3 Å². The fourth-order valence-corrected chi connectivity index (χ4v) is 5.06. The van der Waals surface area contributed by atoms with E-state index >= 15 is 0 Å². The highest BCUT2D eigenvalue weighted by Crippen LogP contribution is 2.44. The number of nitrogens with zero attached hydrogens (tertiary/aromatic N) is 4. The average molecular weight is 424 g/mol. The molecule has 3 heterocycles. The molecule has 7 heteroatoms. The largest absolute Gasteiger partial charge is 0.396 e. The molecule has 4 rings (SSSR count). The maximum Gasteiger partial charge on any atom is 0.137 e. The van der Waals surface area contributed by atoms with Crippen LogP contribution in [0, 0.1) is 12.8 Å². The highest BCUT2D eigenvalue weighted by Gasteiger charge is 2.44. The Kier molecular flexibility index (Phi) is 6.01. The summed E-state index contributed by atoms with van der Waals surface area (Å²) in [5.74, 6) is 0.543. The molecule has 2 atom stereocenters. The molecule has 2 unspecified atom stereocenters. The van der Waals surface area contributed by atoms with E-state index in [4.69, 9.17) is 10.7 Å². The molecule has 158 valence electrons. The molecule has 0 saturated carbocycles. The van der Waals surface area contributed by atoms with E-state index in [0.717, 1.165) is 34.8 Å². The summed E-state index contributed by atoms with van der Waals surface area (Å²) in [6.07, 6.45) is 10.8. The first-order chi connectivity index (χ1) is 14.5. The molecule has 0 spiro atoms. The van der Waals surface area contributed by atoms with E-state index in [1.807, 2.05) is 6.92 Å². The van der Waals surface area contributed by atoms with E-state index in [1.54, 1.807) is 17.7 Å². The maximum absolute atomic E-state index is 9.49. The Hall–Kier alpha value is -2.51. The third-order valence-electron chi connectivity index (χ3n) is 5.83. The number of hydrogen-bond donors (Lipinski definition) is 2. The number of fused-ring (bicyclic) bond motifs is 1. The zero-order valence-corrected chi connectivity index (χ0v) is 18.6. The molecule has 0 aromatic carbocycles. The molecule has 1 aliphatic carbocycles. The molecule has 0 saturated heterocycles. The van der Waals surface area contributed by atoms with Crippen molar-refractivity contribution < 1.29 is 5.11 Å². The first kappa shape index (κ1) is 20.8. The van der Waals surface area contributed by atoms with Crippen LogP contribution < -0.4 is 5.73 Å². The quantitative estimate of drug-likeness (QED) is 0.728. The van der Waals surface area contributed by atoms with Crippen molar-refractivity contribution in [3.8, 4) is 0 Å². The summed E-state index contributed by atoms with van der Waals surface area (Å²) in [6.45, 7) is 7.15. The van der Waals surface area contributed by atoms with Crippen molar-refractivity contribution in [2.45, 2.75) is 46.2 Å². The first-order valence-electron chi connectivity index (χ1n) is 10.4. The molecule has 0 bridgehead atoms. The van der Waals surface area contributed by atoms with Crippen LogP contribution in [0.15, 0.2) is 56.0 Å². The number of nitrogens with two attached hydrogens (primary N) is 1. The van der Waals surface area contributed by atoms with Gasteiger partial charge < -0.3 is 15.7 Å². The van der Waals surface area contributed by atoms with Crippen LogP contribution in [-0.2, 0) is 0 Å². The summed E-state index contributed by atoms with van der Waals surface area (Å²) >= 11 is 1.66. The molecule has 0 amide bonds. The number of thiazole rings is 1. The Labute approximate surface area is 181 Å². The van der Waals surface area contributed by atoms with Crippen LogP contribution in [0.2, 0.25) is 0 Å². The van der Waals surface area contributed by atoms with E-state index in [0.29, 0.717) is 18.8 Å². The molecule has 30 heavy (non-hydrogen) atoms. The Morgan fingerprint density at radius 3 is 2.83 bits per heavy atom. The van der Waals surface area contributed by atoms with Gasteiger partial charge in [0.1, 0.15) is 23.3 Å². The minimum Gasteiger partial charge on any atom is -0.396 e. The zero-order chi connectivity index (χ0) is 21.3. The van der Waals surface area contributed by atoms with Crippen molar-refractivity contribution in [3.05, 3.63) is 56.7 Å². The van der Waals surface area contributed by atoms with Gasteiger partial charge in [-0.05, 0) is 62.8 Å². The molecule has 1 aromatic rings. The van der Waals surface area contributed by atoms with Crippen molar-refractivity contribution in [1.29, 1.82) is 0 Å². The summed E-state index contributed by atoms with van der Waals surface area (Å²) in [5.41, 5.74) is 13.6. The molecule has 3 aliphatic rings. The monoisotopic (exact) mass is 423 g/mol. The van der Waals surface area contributed by atoms with E-state index in [1.165, 1.54) is 16.7 Å². The van der Waals surface area contributed by atoms with Gasteiger partial charge in [0.25, 0.3) is 0 Å². The van der Waals surface area contributed by atoms with Gasteiger partial charge >= 0.3 is 0 Å². The predicted octanol–water partition coefficient (Wildman–Crippen LogP) is 3.81. The minimum atomic E-state index is -0.117. The van der Waals surface area contributed by atoms with E-state index in [9.17, 15) is 5.11 Å². The number of aliphatic hydroxyl groups excluding tert-OH is 1. The van der Waals surface area contributed by atoms with Gasteiger partial charge in [0.15, 0.2) is 0 Å². The minimum absolute atomic E-state index is 0.0659. The zero-order valence-electron chi connectivity index (χ0n) is 17.8.